The summed E-state index contributed by atoms with van der Waals surface area (Å²) in [5.41, 5.74) is -0.0119. The minimum Gasteiger partial charge on any atom is -0.354 e. The van der Waals surface area contributed by atoms with Gasteiger partial charge in [-0.1, -0.05) is 0 Å². The van der Waals surface area contributed by atoms with Gasteiger partial charge in [0.2, 0.25) is 5.28 Å². The van der Waals surface area contributed by atoms with Crippen LogP contribution in [-0.4, -0.2) is 34.1 Å². The fourth-order valence-corrected chi connectivity index (χ4v) is 3.43. The van der Waals surface area contributed by atoms with Gasteiger partial charge in [0.05, 0.1) is 6.20 Å². The van der Waals surface area contributed by atoms with E-state index in [1.807, 2.05) is 11.9 Å². The van der Waals surface area contributed by atoms with Crippen molar-refractivity contribution in [3.05, 3.63) is 17.3 Å². The number of aromatic nitrogens is 2. The van der Waals surface area contributed by atoms with Crippen LogP contribution in [0.1, 0.15) is 40.5 Å². The van der Waals surface area contributed by atoms with Crippen LogP contribution < -0.4 is 10.2 Å². The molecule has 0 aliphatic carbocycles. The first-order valence-electron chi connectivity index (χ1n) is 6.80. The van der Waals surface area contributed by atoms with Gasteiger partial charge >= 0.3 is 0 Å². The Labute approximate surface area is 124 Å². The van der Waals surface area contributed by atoms with Crippen molar-refractivity contribution in [2.75, 3.05) is 11.9 Å². The van der Waals surface area contributed by atoms with Crippen LogP contribution in [0.15, 0.2) is 6.20 Å². The Bertz CT molecular complexity index is 488. The molecule has 0 atom stereocenters. The summed E-state index contributed by atoms with van der Waals surface area (Å²) in [5, 5.41) is 3.69. The molecule has 1 aromatic rings. The predicted octanol–water partition coefficient (Wildman–Crippen LogP) is 3.01. The number of halogens is 2. The van der Waals surface area contributed by atoms with E-state index in [-0.39, 0.29) is 28.2 Å². The van der Waals surface area contributed by atoms with Crippen LogP contribution >= 0.6 is 11.6 Å². The molecular weight excluding hydrogens is 279 g/mol. The van der Waals surface area contributed by atoms with E-state index in [1.54, 1.807) is 0 Å². The van der Waals surface area contributed by atoms with E-state index >= 15 is 0 Å². The summed E-state index contributed by atoms with van der Waals surface area (Å²) in [4.78, 5) is 9.57. The van der Waals surface area contributed by atoms with E-state index in [2.05, 4.69) is 43.0 Å². The Morgan fingerprint density at radius 1 is 1.30 bits per heavy atom. The summed E-state index contributed by atoms with van der Waals surface area (Å²) < 4.78 is 13.9. The highest BCUT2D eigenvalue weighted by atomic mass is 35.5. The molecule has 1 aliphatic rings. The van der Waals surface area contributed by atoms with Gasteiger partial charge in [-0.15, -0.1) is 0 Å². The monoisotopic (exact) mass is 300 g/mol. The maximum Gasteiger partial charge on any atom is 0.224 e. The Balaban J connectivity index is 2.28. The maximum absolute atomic E-state index is 13.9. The summed E-state index contributed by atoms with van der Waals surface area (Å²) in [6, 6.07) is 0.196. The van der Waals surface area contributed by atoms with Gasteiger partial charge in [0.15, 0.2) is 11.6 Å². The van der Waals surface area contributed by atoms with E-state index in [9.17, 15) is 4.39 Å². The van der Waals surface area contributed by atoms with Crippen molar-refractivity contribution in [1.82, 2.24) is 15.3 Å². The van der Waals surface area contributed by atoms with Crippen molar-refractivity contribution in [2.24, 2.45) is 0 Å². The molecule has 2 heterocycles. The SMILES string of the molecule is CN(c1nc(Cl)ncc1F)C1CC(C)(C)NC(C)(C)C1. The topological polar surface area (TPSA) is 41.1 Å². The van der Waals surface area contributed by atoms with Gasteiger partial charge in [0.25, 0.3) is 0 Å². The molecule has 0 spiro atoms. The average molecular weight is 301 g/mol. The van der Waals surface area contributed by atoms with Gasteiger partial charge in [-0.05, 0) is 52.1 Å². The van der Waals surface area contributed by atoms with E-state index in [4.69, 9.17) is 11.6 Å². The highest BCUT2D eigenvalue weighted by Gasteiger charge is 2.39. The normalized spacial score (nSPS) is 21.8. The van der Waals surface area contributed by atoms with Crippen LogP contribution in [0, 0.1) is 5.82 Å². The molecule has 1 N–H and O–H groups in total. The van der Waals surface area contributed by atoms with Crippen LogP contribution in [0.3, 0.4) is 0 Å². The minimum atomic E-state index is -0.439. The molecule has 2 rings (SSSR count). The Kier molecular flexibility index (Phi) is 3.95. The van der Waals surface area contributed by atoms with Gasteiger partial charge in [-0.25, -0.2) is 9.37 Å². The second-order valence-electron chi connectivity index (χ2n) is 6.88. The molecule has 1 fully saturated rings. The zero-order chi connectivity index (χ0) is 15.1. The summed E-state index contributed by atoms with van der Waals surface area (Å²) >= 11 is 5.78. The Morgan fingerprint density at radius 2 is 1.85 bits per heavy atom. The van der Waals surface area contributed by atoms with E-state index in [1.165, 1.54) is 0 Å². The summed E-state index contributed by atoms with van der Waals surface area (Å²) in [5.74, 6) is -0.172. The van der Waals surface area contributed by atoms with Crippen LogP contribution in [0.25, 0.3) is 0 Å². The summed E-state index contributed by atoms with van der Waals surface area (Å²) in [7, 11) is 1.86. The zero-order valence-electron chi connectivity index (χ0n) is 12.7. The first kappa shape index (κ1) is 15.4. The molecule has 0 saturated carbocycles. The quantitative estimate of drug-likeness (QED) is 0.853. The van der Waals surface area contributed by atoms with Crippen LogP contribution in [0.5, 0.6) is 0 Å². The lowest BCUT2D eigenvalue weighted by molar-refractivity contribution is 0.160. The van der Waals surface area contributed by atoms with Gasteiger partial charge < -0.3 is 10.2 Å². The highest BCUT2D eigenvalue weighted by molar-refractivity contribution is 6.28. The Morgan fingerprint density at radius 3 is 2.40 bits per heavy atom. The van der Waals surface area contributed by atoms with Gasteiger partial charge in [0.1, 0.15) is 0 Å². The molecule has 1 saturated heterocycles. The smallest absolute Gasteiger partial charge is 0.224 e. The average Bonchev–Trinajstić information content (AvgIpc) is 2.27. The molecule has 0 aromatic carbocycles. The largest absolute Gasteiger partial charge is 0.354 e. The number of hydrogen-bond acceptors (Lipinski definition) is 4. The minimum absolute atomic E-state index is 0.00597. The fourth-order valence-electron chi connectivity index (χ4n) is 3.30. The molecule has 112 valence electrons. The van der Waals surface area contributed by atoms with Gasteiger partial charge in [0, 0.05) is 24.2 Å². The number of nitrogens with one attached hydrogen (secondary N) is 1. The fraction of sp³-hybridized carbons (Fsp3) is 0.714. The maximum atomic E-state index is 13.9. The van der Waals surface area contributed by atoms with E-state index < -0.39 is 5.82 Å². The molecule has 1 aliphatic heterocycles. The third-order valence-corrected chi connectivity index (χ3v) is 3.93. The van der Waals surface area contributed by atoms with Gasteiger partial charge in [-0.3, -0.25) is 0 Å². The van der Waals surface area contributed by atoms with Crippen molar-refractivity contribution in [2.45, 2.75) is 57.7 Å². The van der Waals surface area contributed by atoms with Crippen LogP contribution in [0.4, 0.5) is 10.2 Å². The molecule has 0 radical (unpaired) electrons. The standard InChI is InChI=1S/C14H22ClFN4/c1-13(2)6-9(7-14(3,4)19-13)20(5)11-10(16)8-17-12(15)18-11/h8-9,19H,6-7H2,1-5H3. The number of nitrogens with zero attached hydrogens (tertiary/aromatic N) is 3. The number of rotatable bonds is 2. The molecule has 1 aromatic heterocycles. The second-order valence-corrected chi connectivity index (χ2v) is 7.21. The van der Waals surface area contributed by atoms with Crippen LogP contribution in [0.2, 0.25) is 5.28 Å². The molecule has 0 amide bonds. The van der Waals surface area contributed by atoms with Gasteiger partial charge in [-0.2, -0.15) is 4.98 Å². The van der Waals surface area contributed by atoms with E-state index in [0.29, 0.717) is 0 Å². The molecule has 0 bridgehead atoms. The highest BCUT2D eigenvalue weighted by Crippen LogP contribution is 2.33. The lowest BCUT2D eigenvalue weighted by Gasteiger charge is -2.49. The third-order valence-electron chi connectivity index (χ3n) is 3.75. The lowest BCUT2D eigenvalue weighted by atomic mass is 9.79. The molecular formula is C14H22ClFN4. The first-order valence-corrected chi connectivity index (χ1v) is 7.18. The van der Waals surface area contributed by atoms with E-state index in [0.717, 1.165) is 19.0 Å². The van der Waals surface area contributed by atoms with Crippen molar-refractivity contribution in [1.29, 1.82) is 0 Å². The van der Waals surface area contributed by atoms with Crippen molar-refractivity contribution in [3.8, 4) is 0 Å². The molecule has 4 nitrogen and oxygen atoms in total. The predicted molar refractivity (Wildman–Crippen MR) is 79.7 cm³/mol. The first-order chi connectivity index (χ1) is 9.10. The third kappa shape index (κ3) is 3.38. The summed E-state index contributed by atoms with van der Waals surface area (Å²) in [6.45, 7) is 8.66. The Hall–Kier alpha value is -0.940. The van der Waals surface area contributed by atoms with Crippen molar-refractivity contribution < 1.29 is 4.39 Å². The zero-order valence-corrected chi connectivity index (χ0v) is 13.4. The van der Waals surface area contributed by atoms with Crippen LogP contribution in [-0.2, 0) is 0 Å². The van der Waals surface area contributed by atoms with Crippen molar-refractivity contribution in [3.63, 3.8) is 0 Å². The number of anilines is 1. The molecule has 6 heteroatoms. The van der Waals surface area contributed by atoms with Crippen molar-refractivity contribution >= 4 is 17.4 Å². The lowest BCUT2D eigenvalue weighted by Crippen LogP contribution is -2.62. The number of piperidine rings is 1. The molecule has 0 unspecified atom stereocenters. The second kappa shape index (κ2) is 5.11. The summed E-state index contributed by atoms with van der Waals surface area (Å²) in [6.07, 6.45) is 2.94. The number of hydrogen-bond donors (Lipinski definition) is 1. The molecule has 20 heavy (non-hydrogen) atoms.